The van der Waals surface area contributed by atoms with Crippen LogP contribution in [0.3, 0.4) is 0 Å². The molecule has 21 heavy (non-hydrogen) atoms. The van der Waals surface area contributed by atoms with Crippen molar-refractivity contribution in [1.29, 1.82) is 0 Å². The molecule has 1 unspecified atom stereocenters. The second kappa shape index (κ2) is 7.49. The molecule has 0 radical (unpaired) electrons. The molecule has 1 aromatic carbocycles. The average Bonchev–Trinajstić information content (AvgIpc) is 2.36. The molecule has 0 aromatic heterocycles. The number of rotatable bonds is 4. The van der Waals surface area contributed by atoms with Gasteiger partial charge in [-0.3, -0.25) is 4.79 Å². The molecule has 1 aromatic rings. The maximum atomic E-state index is 12.2. The number of carbonyl (C=O) groups excluding carboxylic acids is 1. The first-order valence-corrected chi connectivity index (χ1v) is 7.36. The number of halogens is 1. The Kier molecular flexibility index (Phi) is 6.26. The lowest BCUT2D eigenvalue weighted by Gasteiger charge is -2.22. The molecule has 0 saturated heterocycles. The number of carbonyl (C=O) groups is 1. The Morgan fingerprint density at radius 2 is 2.05 bits per heavy atom. The highest BCUT2D eigenvalue weighted by Gasteiger charge is 2.14. The van der Waals surface area contributed by atoms with E-state index >= 15 is 0 Å². The first-order chi connectivity index (χ1) is 9.69. The van der Waals surface area contributed by atoms with Crippen molar-refractivity contribution >= 4 is 17.5 Å². The smallest absolute Gasteiger partial charge is 0.227 e. The topological polar surface area (TPSA) is 20.3 Å². The second-order valence-electron chi connectivity index (χ2n) is 6.26. The van der Waals surface area contributed by atoms with Gasteiger partial charge in [0.05, 0.1) is 33.6 Å². The van der Waals surface area contributed by atoms with Gasteiger partial charge in [-0.15, -0.1) is 0 Å². The molecule has 4 heteroatoms. The lowest BCUT2D eigenvalue weighted by atomic mass is 10.1. The standard InChI is InChI=1S/C17H24ClN2O/c1-14(8-7-11-20(3,4)5)19(2)17(21)13-15-9-6-10-16(18)12-15/h6,9-10,12,14H,11,13H2,1-5H3/q+1. The summed E-state index contributed by atoms with van der Waals surface area (Å²) in [7, 11) is 8.06. The summed E-state index contributed by atoms with van der Waals surface area (Å²) < 4.78 is 0.792. The van der Waals surface area contributed by atoms with E-state index in [0.29, 0.717) is 11.4 Å². The van der Waals surface area contributed by atoms with Crippen LogP contribution >= 0.6 is 11.6 Å². The Labute approximate surface area is 133 Å². The number of hydrogen-bond acceptors (Lipinski definition) is 1. The Balaban J connectivity index is 2.61. The third-order valence-corrected chi connectivity index (χ3v) is 3.32. The number of nitrogens with zero attached hydrogens (tertiary/aromatic N) is 2. The van der Waals surface area contributed by atoms with Crippen LogP contribution in [0.5, 0.6) is 0 Å². The molecule has 0 N–H and O–H groups in total. The van der Waals surface area contributed by atoms with Crippen LogP contribution in [0.4, 0.5) is 0 Å². The van der Waals surface area contributed by atoms with Gasteiger partial charge in [0, 0.05) is 12.1 Å². The first-order valence-electron chi connectivity index (χ1n) is 6.98. The molecule has 0 saturated carbocycles. The quantitative estimate of drug-likeness (QED) is 0.618. The Bertz CT molecular complexity index is 552. The largest absolute Gasteiger partial charge is 0.332 e. The fourth-order valence-electron chi connectivity index (χ4n) is 1.69. The predicted molar refractivity (Wildman–Crippen MR) is 88.1 cm³/mol. The van der Waals surface area contributed by atoms with E-state index in [4.69, 9.17) is 11.6 Å². The van der Waals surface area contributed by atoms with Crippen LogP contribution < -0.4 is 0 Å². The normalized spacial score (nSPS) is 12.3. The zero-order valence-electron chi connectivity index (χ0n) is 13.5. The van der Waals surface area contributed by atoms with Crippen LogP contribution in [-0.4, -0.2) is 56.1 Å². The van der Waals surface area contributed by atoms with Gasteiger partial charge in [0.1, 0.15) is 6.54 Å². The molecule has 1 atom stereocenters. The SMILES string of the molecule is CC(C#CC[N+](C)(C)C)N(C)C(=O)Cc1cccc(Cl)c1. The van der Waals surface area contributed by atoms with Gasteiger partial charge in [-0.1, -0.05) is 29.7 Å². The van der Waals surface area contributed by atoms with Crippen molar-refractivity contribution in [3.63, 3.8) is 0 Å². The molecule has 0 fully saturated rings. The summed E-state index contributed by atoms with van der Waals surface area (Å²) >= 11 is 5.93. The number of likely N-dealkylation sites (N-methyl/N-ethyl adjacent to an activating group) is 1. The van der Waals surface area contributed by atoms with Crippen LogP contribution in [0, 0.1) is 11.8 Å². The van der Waals surface area contributed by atoms with Gasteiger partial charge >= 0.3 is 0 Å². The second-order valence-corrected chi connectivity index (χ2v) is 6.69. The van der Waals surface area contributed by atoms with Gasteiger partial charge < -0.3 is 9.38 Å². The van der Waals surface area contributed by atoms with Crippen LogP contribution in [0.15, 0.2) is 24.3 Å². The maximum Gasteiger partial charge on any atom is 0.227 e. The summed E-state index contributed by atoms with van der Waals surface area (Å²) in [5, 5.41) is 0.652. The Morgan fingerprint density at radius 1 is 1.38 bits per heavy atom. The molecule has 0 spiro atoms. The predicted octanol–water partition coefficient (Wildman–Crippen LogP) is 2.44. The lowest BCUT2D eigenvalue weighted by molar-refractivity contribution is -0.862. The fourth-order valence-corrected chi connectivity index (χ4v) is 1.90. The number of amides is 1. The van der Waals surface area contributed by atoms with E-state index < -0.39 is 0 Å². The molecule has 0 aliphatic heterocycles. The van der Waals surface area contributed by atoms with Crippen molar-refractivity contribution in [2.75, 3.05) is 34.7 Å². The third kappa shape index (κ3) is 6.66. The number of quaternary nitrogens is 1. The highest BCUT2D eigenvalue weighted by atomic mass is 35.5. The van der Waals surface area contributed by atoms with E-state index in [1.54, 1.807) is 18.0 Å². The first kappa shape index (κ1) is 17.6. The minimum Gasteiger partial charge on any atom is -0.332 e. The molecule has 114 valence electrons. The van der Waals surface area contributed by atoms with E-state index in [1.807, 2.05) is 25.1 Å². The van der Waals surface area contributed by atoms with Gasteiger partial charge in [-0.2, -0.15) is 0 Å². The average molecular weight is 308 g/mol. The monoisotopic (exact) mass is 307 g/mol. The van der Waals surface area contributed by atoms with Gasteiger partial charge in [0.2, 0.25) is 5.91 Å². The zero-order chi connectivity index (χ0) is 16.0. The molecular weight excluding hydrogens is 284 g/mol. The van der Waals surface area contributed by atoms with Gasteiger partial charge in [-0.25, -0.2) is 0 Å². The molecule has 0 aliphatic carbocycles. The highest BCUT2D eigenvalue weighted by Crippen LogP contribution is 2.12. The molecular formula is C17H24ClN2O+. The van der Waals surface area contributed by atoms with Crippen molar-refractivity contribution in [3.05, 3.63) is 34.9 Å². The van der Waals surface area contributed by atoms with Crippen molar-refractivity contribution in [1.82, 2.24) is 4.90 Å². The summed E-state index contributed by atoms with van der Waals surface area (Å²) in [4.78, 5) is 13.9. The van der Waals surface area contributed by atoms with Crippen molar-refractivity contribution in [2.24, 2.45) is 0 Å². The minimum absolute atomic E-state index is 0.0457. The molecule has 0 aliphatic rings. The van der Waals surface area contributed by atoms with Gasteiger partial charge in [0.15, 0.2) is 0 Å². The Morgan fingerprint density at radius 3 is 2.62 bits per heavy atom. The summed E-state index contributed by atoms with van der Waals surface area (Å²) in [6, 6.07) is 7.29. The summed E-state index contributed by atoms with van der Waals surface area (Å²) in [6.07, 6.45) is 0.346. The third-order valence-electron chi connectivity index (χ3n) is 3.08. The van der Waals surface area contributed by atoms with Gasteiger partial charge in [-0.05, 0) is 30.5 Å². The molecule has 0 bridgehead atoms. The summed E-state index contributed by atoms with van der Waals surface area (Å²) in [5.41, 5.74) is 0.922. The Hall–Kier alpha value is -1.50. The fraction of sp³-hybridized carbons (Fsp3) is 0.471. The zero-order valence-corrected chi connectivity index (χ0v) is 14.2. The van der Waals surface area contributed by atoms with E-state index in [9.17, 15) is 4.79 Å². The van der Waals surface area contributed by atoms with Crippen molar-refractivity contribution in [2.45, 2.75) is 19.4 Å². The van der Waals surface area contributed by atoms with Crippen molar-refractivity contribution < 1.29 is 9.28 Å². The van der Waals surface area contributed by atoms with E-state index in [-0.39, 0.29) is 11.9 Å². The van der Waals surface area contributed by atoms with E-state index in [2.05, 4.69) is 33.0 Å². The molecule has 1 amide bonds. The molecule has 3 nitrogen and oxygen atoms in total. The maximum absolute atomic E-state index is 12.2. The van der Waals surface area contributed by atoms with Crippen LogP contribution in [-0.2, 0) is 11.2 Å². The number of hydrogen-bond donors (Lipinski definition) is 0. The highest BCUT2D eigenvalue weighted by molar-refractivity contribution is 6.30. The molecule has 0 heterocycles. The van der Waals surface area contributed by atoms with Gasteiger partial charge in [0.25, 0.3) is 0 Å². The number of benzene rings is 1. The summed E-state index contributed by atoms with van der Waals surface area (Å²) in [6.45, 7) is 2.71. The van der Waals surface area contributed by atoms with Crippen LogP contribution in [0.2, 0.25) is 5.02 Å². The van der Waals surface area contributed by atoms with E-state index in [0.717, 1.165) is 16.6 Å². The minimum atomic E-state index is -0.0942. The van der Waals surface area contributed by atoms with Crippen LogP contribution in [0.25, 0.3) is 0 Å². The van der Waals surface area contributed by atoms with Crippen LogP contribution in [0.1, 0.15) is 12.5 Å². The van der Waals surface area contributed by atoms with Crippen molar-refractivity contribution in [3.8, 4) is 11.8 Å². The van der Waals surface area contributed by atoms with E-state index in [1.165, 1.54) is 0 Å². The lowest BCUT2D eigenvalue weighted by Crippen LogP contribution is -2.36. The summed E-state index contributed by atoms with van der Waals surface area (Å²) in [5.74, 6) is 6.32. The molecule has 1 rings (SSSR count).